The van der Waals surface area contributed by atoms with E-state index >= 15 is 0 Å². The van der Waals surface area contributed by atoms with E-state index in [2.05, 4.69) is 10.5 Å². The van der Waals surface area contributed by atoms with Crippen LogP contribution in [0.15, 0.2) is 22.7 Å². The van der Waals surface area contributed by atoms with E-state index in [0.717, 1.165) is 11.1 Å². The summed E-state index contributed by atoms with van der Waals surface area (Å²) >= 11 is 0. The molecule has 0 saturated heterocycles. The zero-order valence-electron chi connectivity index (χ0n) is 13.9. The van der Waals surface area contributed by atoms with Gasteiger partial charge in [-0.3, -0.25) is 4.79 Å². The maximum Gasteiger partial charge on any atom is 0.344 e. The highest BCUT2D eigenvalue weighted by Gasteiger charge is 2.24. The van der Waals surface area contributed by atoms with Gasteiger partial charge in [-0.15, -0.1) is 0 Å². The summed E-state index contributed by atoms with van der Waals surface area (Å²) in [4.78, 5) is 24.4. The minimum atomic E-state index is -0.934. The molecular formula is C17H20N2O4. The highest BCUT2D eigenvalue weighted by atomic mass is 16.5. The second-order valence-electron chi connectivity index (χ2n) is 5.55. The van der Waals surface area contributed by atoms with Gasteiger partial charge in [0.2, 0.25) is 0 Å². The summed E-state index contributed by atoms with van der Waals surface area (Å²) in [5.41, 5.74) is 3.38. The molecule has 6 nitrogen and oxygen atoms in total. The van der Waals surface area contributed by atoms with Gasteiger partial charge in [0.1, 0.15) is 11.3 Å². The van der Waals surface area contributed by atoms with Crippen molar-refractivity contribution in [2.75, 3.05) is 5.32 Å². The predicted molar refractivity (Wildman–Crippen MR) is 85.4 cm³/mol. The maximum absolute atomic E-state index is 12.2. The Kier molecular flexibility index (Phi) is 4.83. The number of esters is 1. The number of hydrogen-bond donors (Lipinski definition) is 1. The Hall–Kier alpha value is -2.63. The van der Waals surface area contributed by atoms with Gasteiger partial charge in [-0.05, 0) is 51.8 Å². The van der Waals surface area contributed by atoms with Gasteiger partial charge in [-0.1, -0.05) is 17.3 Å². The van der Waals surface area contributed by atoms with Crippen LogP contribution in [-0.2, 0) is 9.53 Å². The minimum absolute atomic E-state index is 0.261. The first-order valence-corrected chi connectivity index (χ1v) is 7.31. The number of aromatic nitrogens is 1. The van der Waals surface area contributed by atoms with Gasteiger partial charge in [0.15, 0.2) is 6.10 Å². The molecule has 1 aromatic carbocycles. The lowest BCUT2D eigenvalue weighted by Crippen LogP contribution is -2.30. The van der Waals surface area contributed by atoms with Gasteiger partial charge in [-0.2, -0.15) is 0 Å². The molecule has 0 aliphatic rings. The van der Waals surface area contributed by atoms with Crippen molar-refractivity contribution >= 4 is 17.6 Å². The molecule has 0 saturated carbocycles. The number of aryl methyl sites for hydroxylation is 4. The lowest BCUT2D eigenvalue weighted by molar-refractivity contribution is -0.123. The molecule has 2 aromatic rings. The van der Waals surface area contributed by atoms with Crippen LogP contribution in [0.2, 0.25) is 0 Å². The van der Waals surface area contributed by atoms with Gasteiger partial charge in [-0.25, -0.2) is 4.79 Å². The second-order valence-corrected chi connectivity index (χ2v) is 5.55. The van der Waals surface area contributed by atoms with Gasteiger partial charge < -0.3 is 14.6 Å². The number of ether oxygens (including phenoxy) is 1. The van der Waals surface area contributed by atoms with Gasteiger partial charge >= 0.3 is 5.97 Å². The second kappa shape index (κ2) is 6.64. The average molecular weight is 316 g/mol. The zero-order valence-corrected chi connectivity index (χ0v) is 13.9. The number of carbonyl (C=O) groups is 2. The molecule has 1 N–H and O–H groups in total. The molecule has 23 heavy (non-hydrogen) atoms. The summed E-state index contributed by atoms with van der Waals surface area (Å²) in [5, 5.41) is 6.48. The maximum atomic E-state index is 12.2. The average Bonchev–Trinajstić information content (AvgIpc) is 2.81. The fourth-order valence-corrected chi connectivity index (χ4v) is 2.15. The summed E-state index contributed by atoms with van der Waals surface area (Å²) in [7, 11) is 0. The number of nitrogens with one attached hydrogen (secondary N) is 1. The zero-order chi connectivity index (χ0) is 17.1. The molecule has 1 unspecified atom stereocenters. The molecular weight excluding hydrogens is 296 g/mol. The largest absolute Gasteiger partial charge is 0.449 e. The summed E-state index contributed by atoms with van der Waals surface area (Å²) in [6.45, 7) is 8.63. The smallest absolute Gasteiger partial charge is 0.344 e. The lowest BCUT2D eigenvalue weighted by atomic mass is 10.1. The van der Waals surface area contributed by atoms with Crippen LogP contribution in [0, 0.1) is 27.7 Å². The van der Waals surface area contributed by atoms with E-state index in [9.17, 15) is 9.59 Å². The molecule has 0 spiro atoms. The molecule has 1 atom stereocenters. The normalized spacial score (nSPS) is 11.9. The summed E-state index contributed by atoms with van der Waals surface area (Å²) in [5.74, 6) is -0.640. The first-order chi connectivity index (χ1) is 10.8. The van der Waals surface area contributed by atoms with Crippen molar-refractivity contribution in [2.45, 2.75) is 40.7 Å². The number of amides is 1. The quantitative estimate of drug-likeness (QED) is 0.877. The van der Waals surface area contributed by atoms with Crippen molar-refractivity contribution in [3.63, 3.8) is 0 Å². The number of nitrogens with zero attached hydrogens (tertiary/aromatic N) is 1. The molecule has 0 bridgehead atoms. The first kappa shape index (κ1) is 16.7. The summed E-state index contributed by atoms with van der Waals surface area (Å²) in [6.07, 6.45) is -0.934. The van der Waals surface area contributed by atoms with Crippen LogP contribution >= 0.6 is 0 Å². The van der Waals surface area contributed by atoms with E-state index in [1.807, 2.05) is 32.0 Å². The Morgan fingerprint density at radius 3 is 2.52 bits per heavy atom. The summed E-state index contributed by atoms with van der Waals surface area (Å²) in [6, 6.07) is 5.76. The van der Waals surface area contributed by atoms with E-state index in [-0.39, 0.29) is 11.5 Å². The van der Waals surface area contributed by atoms with Crippen LogP contribution in [0.1, 0.15) is 39.9 Å². The molecule has 0 aliphatic heterocycles. The van der Waals surface area contributed by atoms with Crippen LogP contribution in [0.3, 0.4) is 0 Å². The highest BCUT2D eigenvalue weighted by Crippen LogP contribution is 2.18. The molecule has 0 aliphatic carbocycles. The van der Waals surface area contributed by atoms with Crippen LogP contribution in [0.4, 0.5) is 5.69 Å². The van der Waals surface area contributed by atoms with Crippen molar-refractivity contribution in [1.82, 2.24) is 5.16 Å². The van der Waals surface area contributed by atoms with Gasteiger partial charge in [0.25, 0.3) is 5.91 Å². The Morgan fingerprint density at radius 2 is 1.91 bits per heavy atom. The van der Waals surface area contributed by atoms with Gasteiger partial charge in [0, 0.05) is 5.69 Å². The first-order valence-electron chi connectivity index (χ1n) is 7.31. The van der Waals surface area contributed by atoms with Crippen molar-refractivity contribution in [3.8, 4) is 0 Å². The number of benzene rings is 1. The van der Waals surface area contributed by atoms with Crippen molar-refractivity contribution in [3.05, 3.63) is 46.3 Å². The molecule has 6 heteroatoms. The molecule has 1 aromatic heterocycles. The van der Waals surface area contributed by atoms with Crippen molar-refractivity contribution < 1.29 is 18.8 Å². The van der Waals surface area contributed by atoms with Gasteiger partial charge in [0.05, 0.1) is 5.69 Å². The topological polar surface area (TPSA) is 81.4 Å². The van der Waals surface area contributed by atoms with E-state index in [1.54, 1.807) is 13.8 Å². The molecule has 2 rings (SSSR count). The predicted octanol–water partition coefficient (Wildman–Crippen LogP) is 3.09. The Balaban J connectivity index is 2.05. The van der Waals surface area contributed by atoms with Crippen LogP contribution in [0.5, 0.6) is 0 Å². The third-order valence-electron chi connectivity index (χ3n) is 3.54. The molecule has 1 heterocycles. The third kappa shape index (κ3) is 3.77. The van der Waals surface area contributed by atoms with Crippen molar-refractivity contribution in [1.29, 1.82) is 0 Å². The molecule has 0 fully saturated rings. The van der Waals surface area contributed by atoms with E-state index in [4.69, 9.17) is 9.26 Å². The summed E-state index contributed by atoms with van der Waals surface area (Å²) < 4.78 is 10.1. The Bertz CT molecular complexity index is 730. The molecule has 122 valence electrons. The standard InChI is InChI=1S/C17H20N2O4/c1-9-6-7-10(2)14(8-9)18-16(20)13(5)22-17(21)15-11(3)19-23-12(15)4/h6-8,13H,1-5H3,(H,18,20). The Labute approximate surface area is 134 Å². The minimum Gasteiger partial charge on any atom is -0.449 e. The number of rotatable bonds is 4. The van der Waals surface area contributed by atoms with E-state index < -0.39 is 12.1 Å². The fourth-order valence-electron chi connectivity index (χ4n) is 2.15. The third-order valence-corrected chi connectivity index (χ3v) is 3.54. The Morgan fingerprint density at radius 1 is 1.22 bits per heavy atom. The van der Waals surface area contributed by atoms with Crippen molar-refractivity contribution in [2.24, 2.45) is 0 Å². The molecule has 1 amide bonds. The van der Waals surface area contributed by atoms with Crippen LogP contribution in [-0.4, -0.2) is 23.1 Å². The van der Waals surface area contributed by atoms with E-state index in [0.29, 0.717) is 17.1 Å². The number of carbonyl (C=O) groups excluding carboxylic acids is 2. The van der Waals surface area contributed by atoms with E-state index in [1.165, 1.54) is 6.92 Å². The van der Waals surface area contributed by atoms with Crippen LogP contribution in [0.25, 0.3) is 0 Å². The number of hydrogen-bond acceptors (Lipinski definition) is 5. The highest BCUT2D eigenvalue weighted by molar-refractivity contribution is 5.98. The van der Waals surface area contributed by atoms with Crippen LogP contribution < -0.4 is 5.32 Å². The molecule has 0 radical (unpaired) electrons. The number of anilines is 1. The fraction of sp³-hybridized carbons (Fsp3) is 0.353. The SMILES string of the molecule is Cc1ccc(C)c(NC(=O)C(C)OC(=O)c2c(C)noc2C)c1. The monoisotopic (exact) mass is 316 g/mol. The lowest BCUT2D eigenvalue weighted by Gasteiger charge is -2.15.